The van der Waals surface area contributed by atoms with Crippen LogP contribution < -0.4 is 0 Å². The highest BCUT2D eigenvalue weighted by molar-refractivity contribution is 7.74. The van der Waals surface area contributed by atoms with Gasteiger partial charge in [0.05, 0.1) is 51.0 Å². The predicted molar refractivity (Wildman–Crippen MR) is 214 cm³/mol. The minimum absolute atomic E-state index is 1.02. The van der Waals surface area contributed by atoms with Gasteiger partial charge in [0.1, 0.15) is 146 Å². The van der Waals surface area contributed by atoms with E-state index in [2.05, 4.69) is 4.18 Å². The van der Waals surface area contributed by atoms with Crippen LogP contribution in [0.4, 0.5) is 0 Å². The van der Waals surface area contributed by atoms with Gasteiger partial charge >= 0.3 is 0 Å². The number of hydrogen-bond donors (Lipinski definition) is 17. The molecule has 72 heavy (non-hydrogen) atoms. The molecule has 17 N–H and O–H groups in total. The first kappa shape index (κ1) is 58.6. The van der Waals surface area contributed by atoms with Crippen LogP contribution in [0.3, 0.4) is 0 Å². The zero-order valence-corrected chi connectivity index (χ0v) is 38.5. The van der Waals surface area contributed by atoms with Crippen LogP contribution >= 0.6 is 0 Å². The summed E-state index contributed by atoms with van der Waals surface area (Å²) in [6, 6.07) is 0. The average Bonchev–Trinajstić information content (AvgIpc) is 3.35. The molecule has 0 aromatic rings. The highest BCUT2D eigenvalue weighted by Gasteiger charge is 2.59. The van der Waals surface area contributed by atoms with Crippen LogP contribution in [-0.2, 0) is 77.1 Å². The Morgan fingerprint density at radius 1 is 0.361 bits per heavy atom. The molecular formula is C38H63O33S-. The largest absolute Gasteiger partial charge is 0.750 e. The third kappa shape index (κ3) is 12.0. The summed E-state index contributed by atoms with van der Waals surface area (Å²) in [4.78, 5) is 0. The van der Waals surface area contributed by atoms with Crippen LogP contribution in [0.15, 0.2) is 0 Å². The quantitative estimate of drug-likeness (QED) is 0.0713. The first-order valence-electron chi connectivity index (χ1n) is 22.6. The van der Waals surface area contributed by atoms with E-state index in [1.54, 1.807) is 0 Å². The molecule has 0 aliphatic carbocycles. The van der Waals surface area contributed by atoms with Crippen LogP contribution in [-0.4, -0.2) is 326 Å². The minimum Gasteiger partial charge on any atom is -0.750 e. The minimum atomic E-state index is -3.24. The molecule has 32 atom stereocenters. The Morgan fingerprint density at radius 2 is 0.569 bits per heavy atom. The Hall–Kier alpha value is -1.13. The molecule has 22 aliphatic rings. The maximum atomic E-state index is 11.7. The first-order valence-corrected chi connectivity index (χ1v) is 23.6. The van der Waals surface area contributed by atoms with Crippen LogP contribution in [0.1, 0.15) is 6.92 Å². The second-order valence-corrected chi connectivity index (χ2v) is 18.4. The lowest BCUT2D eigenvalue weighted by Crippen LogP contribution is -2.69. The summed E-state index contributed by atoms with van der Waals surface area (Å²) in [6.07, 6.45) is -61.8. The number of ether oxygens (including phenoxy) is 13. The van der Waals surface area contributed by atoms with E-state index in [0.29, 0.717) is 0 Å². The first-order chi connectivity index (χ1) is 34.2. The highest BCUT2D eigenvalue weighted by Crippen LogP contribution is 2.38. The molecule has 22 fully saturated rings. The van der Waals surface area contributed by atoms with E-state index in [1.165, 1.54) is 0 Å². The Labute approximate surface area is 409 Å². The lowest BCUT2D eigenvalue weighted by atomic mass is 9.94. The van der Waals surface area contributed by atoms with E-state index in [-0.39, 0.29) is 0 Å². The van der Waals surface area contributed by atoms with Crippen LogP contribution in [0.2, 0.25) is 0 Å². The summed E-state index contributed by atoms with van der Waals surface area (Å²) < 4.78 is 102. The van der Waals surface area contributed by atoms with Crippen molar-refractivity contribution < 1.29 is 161 Å². The molecule has 33 nitrogen and oxygen atoms in total. The number of rotatable bonds is 10. The predicted octanol–water partition coefficient (Wildman–Crippen LogP) is -12.9. The summed E-state index contributed by atoms with van der Waals surface area (Å²) in [6.45, 7) is -5.23. The Kier molecular flexibility index (Phi) is 20.4. The fraction of sp³-hybridized carbons (Fsp3) is 1.00. The molecule has 0 spiro atoms. The zero-order valence-electron chi connectivity index (χ0n) is 37.7. The van der Waals surface area contributed by atoms with Crippen molar-refractivity contribution in [3.05, 3.63) is 0 Å². The fourth-order valence-corrected chi connectivity index (χ4v) is 9.69. The molecule has 22 aliphatic heterocycles. The number of hydrogen-bond acceptors (Lipinski definition) is 33. The van der Waals surface area contributed by atoms with Crippen LogP contribution in [0.5, 0.6) is 0 Å². The van der Waals surface area contributed by atoms with Gasteiger partial charge < -0.3 is 153 Å². The summed E-state index contributed by atoms with van der Waals surface area (Å²) in [5.41, 5.74) is 0. The lowest BCUT2D eigenvalue weighted by Gasteiger charge is -2.51. The van der Waals surface area contributed by atoms with Gasteiger partial charge in [-0.05, 0) is 6.92 Å². The third-order valence-corrected chi connectivity index (χ3v) is 13.6. The third-order valence-electron chi connectivity index (χ3n) is 13.2. The van der Waals surface area contributed by atoms with Crippen molar-refractivity contribution in [2.75, 3.05) is 39.6 Å². The average molecular weight is 1080 g/mol. The number of aliphatic hydroxyl groups is 17. The smallest absolute Gasteiger partial charge is 0.187 e. The molecule has 0 saturated carbocycles. The van der Waals surface area contributed by atoms with Gasteiger partial charge in [-0.15, -0.1) is 0 Å². The highest BCUT2D eigenvalue weighted by atomic mass is 32.2. The Morgan fingerprint density at radius 3 is 0.792 bits per heavy atom. The molecule has 0 radical (unpaired) electrons. The van der Waals surface area contributed by atoms with Gasteiger partial charge in [-0.25, -0.2) is 4.21 Å². The second kappa shape index (κ2) is 25.1. The van der Waals surface area contributed by atoms with Crippen LogP contribution in [0, 0.1) is 0 Å². The maximum Gasteiger partial charge on any atom is 0.187 e. The van der Waals surface area contributed by atoms with E-state index in [0.717, 1.165) is 6.92 Å². The van der Waals surface area contributed by atoms with Crippen molar-refractivity contribution in [1.29, 1.82) is 0 Å². The molecule has 0 aromatic carbocycles. The van der Waals surface area contributed by atoms with Crippen molar-refractivity contribution in [1.82, 2.24) is 0 Å². The maximum absolute atomic E-state index is 11.7. The van der Waals surface area contributed by atoms with E-state index in [4.69, 9.17) is 61.6 Å². The van der Waals surface area contributed by atoms with Gasteiger partial charge in [0.25, 0.3) is 0 Å². The van der Waals surface area contributed by atoms with E-state index < -0.39 is 242 Å². The summed E-state index contributed by atoms with van der Waals surface area (Å²) >= 11 is -3.24. The van der Waals surface area contributed by atoms with Crippen LogP contribution in [0.25, 0.3) is 0 Å². The standard InChI is InChI=1S/C38H64O33S/c1-8(71-72(56)57)58-32-25(55)38-64-14(7-44)31(32)70-37-24(54)19(49)29(12(5-42)63-37)68-35-22(52)17(47)27(10(3-40)61-35)66-33-20(50)15(45)26(9(2-39)59-33)65-34-21(51)16(46)28(11(4-41)60-34)67-36-23(53)18(48)30(69-38)13(6-43)62-36/h8-55H,2-7H2,1H3,(H,56,57)/p-1/t8?,9-,10-,11-,12-,13-,14-,15-,16-,17-,18-,19-,20-,21-,22-,23-,24-,25-,26-,27-,28-,29-,30-,31+,32-,33-,34-,35-,36-,37-,38-/m1/s1. The van der Waals surface area contributed by atoms with E-state index in [1.807, 2.05) is 0 Å². The van der Waals surface area contributed by atoms with Crippen molar-refractivity contribution in [2.45, 2.75) is 197 Å². The van der Waals surface area contributed by atoms with Crippen molar-refractivity contribution in [2.24, 2.45) is 0 Å². The molecule has 2 unspecified atom stereocenters. The zero-order chi connectivity index (χ0) is 52.6. The van der Waals surface area contributed by atoms with E-state index in [9.17, 15) is 95.6 Å². The Balaban J connectivity index is 1.23. The van der Waals surface area contributed by atoms with Gasteiger partial charge in [0.15, 0.2) is 44.0 Å². The molecule has 0 aromatic heterocycles. The molecule has 22 saturated heterocycles. The van der Waals surface area contributed by atoms with Crippen molar-refractivity contribution >= 4 is 11.4 Å². The SMILES string of the molecule is CC(O[C@@H]1[C@@H](O)[C@H]2O[C@H]3[C@H](O)[C@@H](O)[C@@H](O[C@H]4[C@H](O)[C@@H](O)[C@@H](O[C@H]5[C@H](O)[C@@H](O)[C@@H](O[C@H]6[C@H](O)[C@@H](O)[C@@H](O[C@H]7[C@H](O)[C@@H](O)[C@@H](O[C@H]1[C@@H](CO)O2)O[C@@H]7CO)O[C@@H]6CO)O[C@@H]5CO)O[C@@H]4CO)O[C@@H]3CO)OS(=O)[O-]. The van der Waals surface area contributed by atoms with Gasteiger partial charge in [-0.1, -0.05) is 0 Å². The summed E-state index contributed by atoms with van der Waals surface area (Å²) in [5.74, 6) is 0. The monoisotopic (exact) mass is 1080 g/mol. The normalized spacial score (nSPS) is 52.7. The molecule has 22 rings (SSSR count). The van der Waals surface area contributed by atoms with Gasteiger partial charge in [-0.3, -0.25) is 4.18 Å². The molecule has 0 amide bonds. The van der Waals surface area contributed by atoms with Crippen molar-refractivity contribution in [3.63, 3.8) is 0 Å². The lowest BCUT2D eigenvalue weighted by molar-refractivity contribution is -0.406. The fourth-order valence-electron chi connectivity index (χ4n) is 9.42. The van der Waals surface area contributed by atoms with E-state index >= 15 is 0 Å². The topological polar surface area (TPSA) is 513 Å². The van der Waals surface area contributed by atoms with Gasteiger partial charge in [-0.2, -0.15) is 0 Å². The second-order valence-electron chi connectivity index (χ2n) is 17.8. The summed E-state index contributed by atoms with van der Waals surface area (Å²) in [5, 5.41) is 187. The molecule has 420 valence electrons. The number of aliphatic hydroxyl groups excluding tert-OH is 17. The molecule has 22 heterocycles. The molecule has 34 heteroatoms. The Bertz CT molecular complexity index is 1700. The van der Waals surface area contributed by atoms with Crippen molar-refractivity contribution in [3.8, 4) is 0 Å². The van der Waals surface area contributed by atoms with Gasteiger partial charge in [0, 0.05) is 0 Å². The molecular weight excluding hydrogens is 1020 g/mol. The molecule has 12 bridgehead atoms. The summed E-state index contributed by atoms with van der Waals surface area (Å²) in [7, 11) is 0. The van der Waals surface area contributed by atoms with Gasteiger partial charge in [0.2, 0.25) is 0 Å².